The van der Waals surface area contributed by atoms with Crippen molar-refractivity contribution in [3.8, 4) is 22.5 Å². The van der Waals surface area contributed by atoms with Gasteiger partial charge in [0.05, 0.1) is 19.3 Å². The Morgan fingerprint density at radius 2 is 1.93 bits per heavy atom. The van der Waals surface area contributed by atoms with E-state index in [9.17, 15) is 4.79 Å². The van der Waals surface area contributed by atoms with E-state index >= 15 is 8.78 Å². The van der Waals surface area contributed by atoms with Crippen molar-refractivity contribution < 1.29 is 23.0 Å². The van der Waals surface area contributed by atoms with Gasteiger partial charge in [-0.2, -0.15) is 9.37 Å². The van der Waals surface area contributed by atoms with E-state index in [0.717, 1.165) is 43.9 Å². The number of halogens is 2. The average molecular weight is 551 g/mol. The SMILES string of the molecule is CO[C@H]1CCN(Cc2cc(-c3nc(-c4cc5c(cc4F)C(=O)NCC5)c(N)nc3F)ccc2N2CCOCC2)C1. The van der Waals surface area contributed by atoms with Gasteiger partial charge >= 0.3 is 0 Å². The number of carbonyl (C=O) groups excluding carboxylic acids is 1. The van der Waals surface area contributed by atoms with Crippen LogP contribution >= 0.6 is 0 Å². The van der Waals surface area contributed by atoms with E-state index < -0.39 is 11.8 Å². The van der Waals surface area contributed by atoms with E-state index in [1.54, 1.807) is 13.2 Å². The number of amides is 1. The molecule has 3 aliphatic rings. The van der Waals surface area contributed by atoms with Crippen LogP contribution < -0.4 is 16.0 Å². The van der Waals surface area contributed by atoms with Crippen LogP contribution in [-0.4, -0.2) is 79.9 Å². The molecule has 0 unspecified atom stereocenters. The molecule has 0 radical (unpaired) electrons. The number of nitrogens with two attached hydrogens (primary N) is 1. The van der Waals surface area contributed by atoms with Gasteiger partial charge in [0.25, 0.3) is 5.91 Å². The number of carbonyl (C=O) groups is 1. The van der Waals surface area contributed by atoms with Gasteiger partial charge in [0.15, 0.2) is 5.82 Å². The zero-order chi connectivity index (χ0) is 27.8. The third-order valence-corrected chi connectivity index (χ3v) is 7.91. The number of aromatic nitrogens is 2. The quantitative estimate of drug-likeness (QED) is 0.483. The highest BCUT2D eigenvalue weighted by Crippen LogP contribution is 2.34. The fourth-order valence-corrected chi connectivity index (χ4v) is 5.78. The maximum atomic E-state index is 15.3. The predicted octanol–water partition coefficient (Wildman–Crippen LogP) is 3.01. The summed E-state index contributed by atoms with van der Waals surface area (Å²) < 4.78 is 41.6. The molecular formula is C29H32F2N6O3. The molecule has 2 fully saturated rings. The minimum Gasteiger partial charge on any atom is -0.382 e. The Bertz CT molecular complexity index is 1450. The van der Waals surface area contributed by atoms with Crippen LogP contribution in [0.4, 0.5) is 20.3 Å². The second-order valence-corrected chi connectivity index (χ2v) is 10.4. The first-order valence-electron chi connectivity index (χ1n) is 13.6. The van der Waals surface area contributed by atoms with Gasteiger partial charge in [0.1, 0.15) is 17.2 Å². The normalized spacial score (nSPS) is 19.5. The first-order chi connectivity index (χ1) is 19.4. The second-order valence-electron chi connectivity index (χ2n) is 10.4. The van der Waals surface area contributed by atoms with E-state index in [1.807, 2.05) is 18.2 Å². The molecule has 0 spiro atoms. The fraction of sp³-hybridized carbons (Fsp3) is 0.414. The molecule has 11 heteroatoms. The summed E-state index contributed by atoms with van der Waals surface area (Å²) in [5.74, 6) is -2.04. The Kier molecular flexibility index (Phi) is 7.35. The van der Waals surface area contributed by atoms with E-state index in [4.69, 9.17) is 15.2 Å². The van der Waals surface area contributed by atoms with Crippen molar-refractivity contribution in [2.45, 2.75) is 25.5 Å². The summed E-state index contributed by atoms with van der Waals surface area (Å²) in [5, 5.41) is 2.71. The highest BCUT2D eigenvalue weighted by molar-refractivity contribution is 5.97. The maximum Gasteiger partial charge on any atom is 0.251 e. The van der Waals surface area contributed by atoms with Crippen molar-refractivity contribution in [3.05, 3.63) is 58.8 Å². The number of benzene rings is 2. The average Bonchev–Trinajstić information content (AvgIpc) is 3.42. The monoisotopic (exact) mass is 550 g/mol. The summed E-state index contributed by atoms with van der Waals surface area (Å²) in [7, 11) is 1.73. The van der Waals surface area contributed by atoms with Gasteiger partial charge in [-0.25, -0.2) is 9.37 Å². The van der Waals surface area contributed by atoms with Crippen molar-refractivity contribution in [2.75, 3.05) is 63.7 Å². The van der Waals surface area contributed by atoms with Crippen molar-refractivity contribution in [1.82, 2.24) is 20.2 Å². The van der Waals surface area contributed by atoms with Crippen LogP contribution in [0.5, 0.6) is 0 Å². The number of nitrogens with zero attached hydrogens (tertiary/aromatic N) is 4. The molecule has 6 rings (SSSR count). The number of hydrogen-bond acceptors (Lipinski definition) is 8. The summed E-state index contributed by atoms with van der Waals surface area (Å²) in [6, 6.07) is 8.48. The standard InChI is InChI=1S/C29H32F2N6O3/c1-39-20-5-7-36(16-20)15-19-12-18(2-3-24(19)37-8-10-40-11-9-37)25-27(31)35-28(32)26(34-25)22-13-17-4-6-33-29(38)21(17)14-23(22)30/h2-3,12-14,20H,4-11,15-16H2,1H3,(H2,32,35)(H,33,38)/t20-/m0/s1. The smallest absolute Gasteiger partial charge is 0.251 e. The number of fused-ring (bicyclic) bond motifs is 1. The third-order valence-electron chi connectivity index (χ3n) is 7.91. The number of nitrogen functional groups attached to an aromatic ring is 1. The molecule has 2 saturated heterocycles. The Morgan fingerprint density at radius 1 is 1.10 bits per heavy atom. The molecule has 1 amide bonds. The molecule has 3 aromatic rings. The molecule has 2 aromatic carbocycles. The predicted molar refractivity (Wildman–Crippen MR) is 147 cm³/mol. The number of morpholine rings is 1. The largest absolute Gasteiger partial charge is 0.382 e. The summed E-state index contributed by atoms with van der Waals surface area (Å²) in [6.45, 7) is 5.66. The van der Waals surface area contributed by atoms with Crippen LogP contribution in [0.25, 0.3) is 22.5 Å². The number of hydrogen-bond donors (Lipinski definition) is 2. The van der Waals surface area contributed by atoms with Gasteiger partial charge in [-0.15, -0.1) is 0 Å². The molecule has 3 N–H and O–H groups in total. The number of nitrogens with one attached hydrogen (secondary N) is 1. The fourth-order valence-electron chi connectivity index (χ4n) is 5.78. The van der Waals surface area contributed by atoms with Gasteiger partial charge < -0.3 is 25.4 Å². The number of methoxy groups -OCH3 is 1. The molecule has 0 saturated carbocycles. The number of likely N-dealkylation sites (tertiary alicyclic amines) is 1. The van der Waals surface area contributed by atoms with E-state index in [2.05, 4.69) is 25.1 Å². The van der Waals surface area contributed by atoms with Gasteiger partial charge in [-0.3, -0.25) is 9.69 Å². The molecule has 1 atom stereocenters. The van der Waals surface area contributed by atoms with Crippen LogP contribution in [0.15, 0.2) is 30.3 Å². The first kappa shape index (κ1) is 26.5. The summed E-state index contributed by atoms with van der Waals surface area (Å²) in [5.41, 5.74) is 9.78. The van der Waals surface area contributed by atoms with Crippen molar-refractivity contribution in [1.29, 1.82) is 0 Å². The van der Waals surface area contributed by atoms with Crippen molar-refractivity contribution in [2.24, 2.45) is 0 Å². The molecule has 4 heterocycles. The maximum absolute atomic E-state index is 15.3. The van der Waals surface area contributed by atoms with Crippen LogP contribution in [0.3, 0.4) is 0 Å². The van der Waals surface area contributed by atoms with Crippen LogP contribution in [0, 0.1) is 11.8 Å². The van der Waals surface area contributed by atoms with Gasteiger partial charge in [0, 0.05) is 68.8 Å². The van der Waals surface area contributed by atoms with Crippen LogP contribution in [0.1, 0.15) is 27.9 Å². The minimum absolute atomic E-state index is 0.00923. The number of ether oxygens (including phenoxy) is 2. The number of anilines is 2. The van der Waals surface area contributed by atoms with E-state index in [-0.39, 0.29) is 40.3 Å². The van der Waals surface area contributed by atoms with Gasteiger partial charge in [0.2, 0.25) is 5.95 Å². The second kappa shape index (κ2) is 11.1. The molecule has 0 bridgehead atoms. The lowest BCUT2D eigenvalue weighted by molar-refractivity contribution is 0.0945. The molecule has 3 aliphatic heterocycles. The Labute approximate surface area is 231 Å². The minimum atomic E-state index is -0.829. The van der Waals surface area contributed by atoms with E-state index in [1.165, 1.54) is 6.07 Å². The van der Waals surface area contributed by atoms with Gasteiger partial charge in [-0.1, -0.05) is 6.07 Å². The Hall–Kier alpha value is -3.67. The van der Waals surface area contributed by atoms with E-state index in [0.29, 0.717) is 43.9 Å². The van der Waals surface area contributed by atoms with Crippen LogP contribution in [-0.2, 0) is 22.4 Å². The lowest BCUT2D eigenvalue weighted by Crippen LogP contribution is -2.37. The third kappa shape index (κ3) is 5.12. The molecule has 1 aromatic heterocycles. The topological polar surface area (TPSA) is 106 Å². The highest BCUT2D eigenvalue weighted by atomic mass is 19.1. The molecule has 210 valence electrons. The molecular weight excluding hydrogens is 518 g/mol. The zero-order valence-electron chi connectivity index (χ0n) is 22.4. The zero-order valence-corrected chi connectivity index (χ0v) is 22.4. The Morgan fingerprint density at radius 3 is 2.70 bits per heavy atom. The highest BCUT2D eigenvalue weighted by Gasteiger charge is 2.26. The number of rotatable bonds is 6. The summed E-state index contributed by atoms with van der Waals surface area (Å²) >= 11 is 0. The lowest BCUT2D eigenvalue weighted by atomic mass is 9.96. The molecule has 9 nitrogen and oxygen atoms in total. The molecule has 40 heavy (non-hydrogen) atoms. The van der Waals surface area contributed by atoms with Crippen LogP contribution in [0.2, 0.25) is 0 Å². The Balaban J connectivity index is 1.40. The van der Waals surface area contributed by atoms with Crippen molar-refractivity contribution in [3.63, 3.8) is 0 Å². The summed E-state index contributed by atoms with van der Waals surface area (Å²) in [6.07, 6.45) is 1.69. The van der Waals surface area contributed by atoms with Crippen molar-refractivity contribution >= 4 is 17.4 Å². The first-order valence-corrected chi connectivity index (χ1v) is 13.6. The summed E-state index contributed by atoms with van der Waals surface area (Å²) in [4.78, 5) is 25.2. The van der Waals surface area contributed by atoms with Gasteiger partial charge in [-0.05, 0) is 48.2 Å². The lowest BCUT2D eigenvalue weighted by Gasteiger charge is -2.32. The molecule has 0 aliphatic carbocycles.